The van der Waals surface area contributed by atoms with Crippen molar-refractivity contribution in [2.75, 3.05) is 0 Å². The maximum Gasteiger partial charge on any atom is 0.142 e. The molecular formula is C15H28O. The Bertz CT molecular complexity index is 203. The lowest BCUT2D eigenvalue weighted by atomic mass is 9.94. The number of hydrogen-bond acceptors (Lipinski definition) is 1. The highest BCUT2D eigenvalue weighted by Crippen LogP contribution is 2.18. The first-order valence-electron chi connectivity index (χ1n) is 6.67. The molecule has 0 aromatic heterocycles. The summed E-state index contributed by atoms with van der Waals surface area (Å²) in [7, 11) is 0. The molecule has 0 heterocycles. The number of hydrogen-bond donors (Lipinski definition) is 0. The van der Waals surface area contributed by atoms with E-state index < -0.39 is 0 Å². The van der Waals surface area contributed by atoms with Crippen molar-refractivity contribution in [2.24, 2.45) is 11.8 Å². The van der Waals surface area contributed by atoms with E-state index in [1.54, 1.807) is 6.08 Å². The van der Waals surface area contributed by atoms with Gasteiger partial charge in [0.05, 0.1) is 0 Å². The summed E-state index contributed by atoms with van der Waals surface area (Å²) < 4.78 is 0. The van der Waals surface area contributed by atoms with Gasteiger partial charge in [0.25, 0.3) is 0 Å². The fraction of sp³-hybridized carbons (Fsp3) is 0.800. The van der Waals surface area contributed by atoms with Crippen LogP contribution >= 0.6 is 0 Å². The highest BCUT2D eigenvalue weighted by molar-refractivity contribution is 5.65. The smallest absolute Gasteiger partial charge is 0.142 e. The minimum Gasteiger partial charge on any atom is -0.299 e. The van der Waals surface area contributed by atoms with Crippen molar-refractivity contribution in [3.05, 3.63) is 11.6 Å². The zero-order chi connectivity index (χ0) is 12.4. The van der Waals surface area contributed by atoms with Gasteiger partial charge in [-0.15, -0.1) is 0 Å². The van der Waals surface area contributed by atoms with E-state index in [0.717, 1.165) is 24.5 Å². The summed E-state index contributed by atoms with van der Waals surface area (Å²) in [5, 5.41) is 0. The van der Waals surface area contributed by atoms with Crippen LogP contribution in [-0.4, -0.2) is 6.29 Å². The minimum atomic E-state index is 0.836. The number of allylic oxidation sites excluding steroid dienone is 2. The predicted molar refractivity (Wildman–Crippen MR) is 71.5 cm³/mol. The Morgan fingerprint density at radius 1 is 1.06 bits per heavy atom. The molecule has 1 heteroatoms. The van der Waals surface area contributed by atoms with Gasteiger partial charge in [-0.2, -0.15) is 0 Å². The van der Waals surface area contributed by atoms with Gasteiger partial charge in [0, 0.05) is 0 Å². The van der Waals surface area contributed by atoms with Gasteiger partial charge < -0.3 is 0 Å². The second-order valence-electron chi connectivity index (χ2n) is 5.47. The van der Waals surface area contributed by atoms with Gasteiger partial charge in [-0.3, -0.25) is 4.79 Å². The topological polar surface area (TPSA) is 17.1 Å². The molecule has 0 saturated carbocycles. The quantitative estimate of drug-likeness (QED) is 0.407. The van der Waals surface area contributed by atoms with E-state index in [0.29, 0.717) is 0 Å². The molecule has 1 nitrogen and oxygen atoms in total. The molecule has 0 aliphatic heterocycles. The molecule has 0 bridgehead atoms. The molecule has 0 rings (SSSR count). The van der Waals surface area contributed by atoms with Crippen LogP contribution in [-0.2, 0) is 4.79 Å². The maximum atomic E-state index is 10.2. The first-order chi connectivity index (χ1) is 7.56. The van der Waals surface area contributed by atoms with E-state index in [9.17, 15) is 4.79 Å². The Kier molecular flexibility index (Phi) is 9.27. The third-order valence-electron chi connectivity index (χ3n) is 3.10. The molecule has 0 aromatic rings. The fourth-order valence-electron chi connectivity index (χ4n) is 1.95. The van der Waals surface area contributed by atoms with Gasteiger partial charge in [-0.05, 0) is 37.7 Å². The molecule has 1 atom stereocenters. The van der Waals surface area contributed by atoms with Gasteiger partial charge in [-0.1, -0.05) is 52.0 Å². The van der Waals surface area contributed by atoms with Crippen LogP contribution in [0.4, 0.5) is 0 Å². The predicted octanol–water partition coefficient (Wildman–Crippen LogP) is 4.76. The molecule has 0 amide bonds. The van der Waals surface area contributed by atoms with E-state index in [1.807, 2.05) is 6.92 Å². The molecule has 0 aliphatic rings. The first kappa shape index (κ1) is 15.4. The van der Waals surface area contributed by atoms with Crippen LogP contribution in [0.2, 0.25) is 0 Å². The number of aldehydes is 1. The van der Waals surface area contributed by atoms with Crippen molar-refractivity contribution in [3.63, 3.8) is 0 Å². The normalized spacial score (nSPS) is 14.2. The first-order valence-corrected chi connectivity index (χ1v) is 6.67. The van der Waals surface area contributed by atoms with Gasteiger partial charge >= 0.3 is 0 Å². The molecule has 0 N–H and O–H groups in total. The molecular weight excluding hydrogens is 196 g/mol. The highest BCUT2D eigenvalue weighted by atomic mass is 16.1. The summed E-state index contributed by atoms with van der Waals surface area (Å²) in [5.74, 6) is 1.67. The van der Waals surface area contributed by atoms with Crippen LogP contribution in [0.1, 0.15) is 66.2 Å². The lowest BCUT2D eigenvalue weighted by Gasteiger charge is -2.12. The molecule has 16 heavy (non-hydrogen) atoms. The van der Waals surface area contributed by atoms with Crippen LogP contribution in [0.3, 0.4) is 0 Å². The SMILES string of the molecule is C/C(=C/C=O)CCCC(C)CCCC(C)C. The summed E-state index contributed by atoms with van der Waals surface area (Å²) in [4.78, 5) is 10.2. The van der Waals surface area contributed by atoms with Crippen LogP contribution in [0, 0.1) is 11.8 Å². The Morgan fingerprint density at radius 2 is 1.69 bits per heavy atom. The van der Waals surface area contributed by atoms with Crippen molar-refractivity contribution in [1.82, 2.24) is 0 Å². The lowest BCUT2D eigenvalue weighted by Crippen LogP contribution is -1.97. The standard InChI is InChI=1S/C15H28O/c1-13(2)7-5-8-14(3)9-6-10-15(4)11-12-16/h11-14H,5-10H2,1-4H3/b15-11-. The van der Waals surface area contributed by atoms with Gasteiger partial charge in [0.1, 0.15) is 6.29 Å². The largest absolute Gasteiger partial charge is 0.299 e. The van der Waals surface area contributed by atoms with Crippen molar-refractivity contribution < 1.29 is 4.79 Å². The van der Waals surface area contributed by atoms with Crippen LogP contribution < -0.4 is 0 Å². The minimum absolute atomic E-state index is 0.836. The zero-order valence-electron chi connectivity index (χ0n) is 11.5. The molecule has 0 saturated heterocycles. The molecule has 0 aliphatic carbocycles. The molecule has 94 valence electrons. The molecule has 0 fully saturated rings. The Labute approximate surface area is 101 Å². The second-order valence-corrected chi connectivity index (χ2v) is 5.47. The van der Waals surface area contributed by atoms with E-state index >= 15 is 0 Å². The van der Waals surface area contributed by atoms with Crippen molar-refractivity contribution in [1.29, 1.82) is 0 Å². The highest BCUT2D eigenvalue weighted by Gasteiger charge is 2.03. The van der Waals surface area contributed by atoms with Crippen molar-refractivity contribution in [3.8, 4) is 0 Å². The zero-order valence-corrected chi connectivity index (χ0v) is 11.5. The third kappa shape index (κ3) is 9.95. The number of carbonyl (C=O) groups excluding carboxylic acids is 1. The van der Waals surface area contributed by atoms with Crippen LogP contribution in [0.15, 0.2) is 11.6 Å². The Morgan fingerprint density at radius 3 is 2.25 bits per heavy atom. The molecule has 0 spiro atoms. The Balaban J connectivity index is 3.46. The van der Waals surface area contributed by atoms with Gasteiger partial charge in [-0.25, -0.2) is 0 Å². The van der Waals surface area contributed by atoms with E-state index in [1.165, 1.54) is 37.7 Å². The average Bonchev–Trinajstić information content (AvgIpc) is 2.17. The molecule has 0 aromatic carbocycles. The van der Waals surface area contributed by atoms with Crippen molar-refractivity contribution >= 4 is 6.29 Å². The summed E-state index contributed by atoms with van der Waals surface area (Å²) in [6.07, 6.45) is 10.2. The fourth-order valence-corrected chi connectivity index (χ4v) is 1.95. The third-order valence-corrected chi connectivity index (χ3v) is 3.10. The van der Waals surface area contributed by atoms with Crippen molar-refractivity contribution in [2.45, 2.75) is 66.2 Å². The Hall–Kier alpha value is -0.590. The lowest BCUT2D eigenvalue weighted by molar-refractivity contribution is -0.104. The monoisotopic (exact) mass is 224 g/mol. The van der Waals surface area contributed by atoms with E-state index in [4.69, 9.17) is 0 Å². The number of rotatable bonds is 9. The summed E-state index contributed by atoms with van der Waals surface area (Å²) in [6.45, 7) is 8.97. The van der Waals surface area contributed by atoms with E-state index in [-0.39, 0.29) is 0 Å². The molecule has 0 radical (unpaired) electrons. The maximum absolute atomic E-state index is 10.2. The molecule has 1 unspecified atom stereocenters. The summed E-state index contributed by atoms with van der Waals surface area (Å²) in [5.41, 5.74) is 1.21. The number of carbonyl (C=O) groups is 1. The van der Waals surface area contributed by atoms with E-state index in [2.05, 4.69) is 20.8 Å². The van der Waals surface area contributed by atoms with Gasteiger partial charge in [0.2, 0.25) is 0 Å². The van der Waals surface area contributed by atoms with Crippen LogP contribution in [0.25, 0.3) is 0 Å². The van der Waals surface area contributed by atoms with Gasteiger partial charge in [0.15, 0.2) is 0 Å². The summed E-state index contributed by atoms with van der Waals surface area (Å²) >= 11 is 0. The van der Waals surface area contributed by atoms with Crippen LogP contribution in [0.5, 0.6) is 0 Å². The second kappa shape index (κ2) is 9.62. The summed E-state index contributed by atoms with van der Waals surface area (Å²) in [6, 6.07) is 0. The average molecular weight is 224 g/mol.